The Labute approximate surface area is 127 Å². The first-order chi connectivity index (χ1) is 9.90. The fourth-order valence-electron chi connectivity index (χ4n) is 2.05. The van der Waals surface area contributed by atoms with Gasteiger partial charge in [-0.05, 0) is 11.6 Å². The summed E-state index contributed by atoms with van der Waals surface area (Å²) in [5.41, 5.74) is 0.323. The van der Waals surface area contributed by atoms with Crippen molar-refractivity contribution in [1.82, 2.24) is 30.5 Å². The second kappa shape index (κ2) is 6.17. The van der Waals surface area contributed by atoms with Crippen molar-refractivity contribution in [2.75, 3.05) is 13.6 Å². The SMILES string of the molecule is CN(CC(C)(C)c1nn[nH]n1)C(=O)Cc1cccnc1Cl. The van der Waals surface area contributed by atoms with Gasteiger partial charge in [0.25, 0.3) is 0 Å². The number of aromatic amines is 1. The number of tetrazole rings is 1. The largest absolute Gasteiger partial charge is 0.344 e. The van der Waals surface area contributed by atoms with Gasteiger partial charge in [0, 0.05) is 25.2 Å². The Bertz CT molecular complexity index is 613. The molecule has 2 rings (SSSR count). The molecule has 0 aromatic carbocycles. The van der Waals surface area contributed by atoms with Crippen molar-refractivity contribution in [2.45, 2.75) is 25.7 Å². The number of pyridine rings is 1. The molecule has 1 amide bonds. The molecule has 2 aromatic heterocycles. The Balaban J connectivity index is 2.02. The standard InChI is InChI=1S/C13H17ClN6O/c1-13(2,12-16-18-19-17-12)8-20(3)10(21)7-9-5-4-6-15-11(9)14/h4-6H,7-8H2,1-3H3,(H,16,17,18,19). The molecule has 0 unspecified atom stereocenters. The number of carbonyl (C=O) groups is 1. The Morgan fingerprint density at radius 2 is 2.24 bits per heavy atom. The molecule has 8 heteroatoms. The number of hydrogen-bond donors (Lipinski definition) is 1. The van der Waals surface area contributed by atoms with Crippen molar-refractivity contribution in [1.29, 1.82) is 0 Å². The van der Waals surface area contributed by atoms with Crippen LogP contribution < -0.4 is 0 Å². The Morgan fingerprint density at radius 1 is 1.48 bits per heavy atom. The lowest BCUT2D eigenvalue weighted by atomic mass is 9.92. The molecule has 0 bridgehead atoms. The van der Waals surface area contributed by atoms with Crippen LogP contribution in [-0.4, -0.2) is 50.0 Å². The van der Waals surface area contributed by atoms with Gasteiger partial charge in [-0.25, -0.2) is 4.98 Å². The van der Waals surface area contributed by atoms with Gasteiger partial charge < -0.3 is 4.90 Å². The van der Waals surface area contributed by atoms with Crippen LogP contribution in [0.15, 0.2) is 18.3 Å². The number of H-pyrrole nitrogens is 1. The first kappa shape index (κ1) is 15.4. The van der Waals surface area contributed by atoms with Crippen LogP contribution in [0.2, 0.25) is 5.15 Å². The van der Waals surface area contributed by atoms with E-state index < -0.39 is 5.41 Å². The predicted octanol–water partition coefficient (Wildman–Crippen LogP) is 1.23. The molecule has 0 saturated carbocycles. The van der Waals surface area contributed by atoms with Gasteiger partial charge in [0.1, 0.15) is 5.15 Å². The van der Waals surface area contributed by atoms with Crippen molar-refractivity contribution >= 4 is 17.5 Å². The molecule has 2 heterocycles. The number of likely N-dealkylation sites (N-methyl/N-ethyl adjacent to an activating group) is 1. The molecule has 2 aromatic rings. The third-order valence-corrected chi connectivity index (χ3v) is 3.53. The third-order valence-electron chi connectivity index (χ3n) is 3.19. The number of nitrogens with zero attached hydrogens (tertiary/aromatic N) is 5. The van der Waals surface area contributed by atoms with Gasteiger partial charge in [-0.1, -0.05) is 36.7 Å². The van der Waals surface area contributed by atoms with Gasteiger partial charge in [-0.15, -0.1) is 10.2 Å². The van der Waals surface area contributed by atoms with Gasteiger partial charge in [-0.2, -0.15) is 5.21 Å². The zero-order valence-electron chi connectivity index (χ0n) is 12.2. The lowest BCUT2D eigenvalue weighted by Crippen LogP contribution is -2.39. The highest BCUT2D eigenvalue weighted by Crippen LogP contribution is 2.20. The van der Waals surface area contributed by atoms with Crippen molar-refractivity contribution in [3.8, 4) is 0 Å². The summed E-state index contributed by atoms with van der Waals surface area (Å²) < 4.78 is 0. The molecule has 0 fully saturated rings. The van der Waals surface area contributed by atoms with E-state index in [1.807, 2.05) is 13.8 Å². The number of rotatable bonds is 5. The van der Waals surface area contributed by atoms with Crippen molar-refractivity contribution < 1.29 is 4.79 Å². The number of amides is 1. The molecule has 0 saturated heterocycles. The van der Waals surface area contributed by atoms with E-state index in [1.54, 1.807) is 30.3 Å². The fraction of sp³-hybridized carbons (Fsp3) is 0.462. The Kier molecular flexibility index (Phi) is 4.52. The van der Waals surface area contributed by atoms with E-state index in [1.165, 1.54) is 0 Å². The zero-order valence-corrected chi connectivity index (χ0v) is 12.9. The number of nitrogens with one attached hydrogen (secondary N) is 1. The summed E-state index contributed by atoms with van der Waals surface area (Å²) in [6, 6.07) is 3.56. The van der Waals surface area contributed by atoms with Crippen LogP contribution in [0.25, 0.3) is 0 Å². The maximum absolute atomic E-state index is 12.3. The van der Waals surface area contributed by atoms with Gasteiger partial charge >= 0.3 is 0 Å². The van der Waals surface area contributed by atoms with Gasteiger partial charge in [0.05, 0.1) is 6.42 Å². The second-order valence-electron chi connectivity index (χ2n) is 5.50. The third kappa shape index (κ3) is 3.75. The Hall–Kier alpha value is -2.02. The highest BCUT2D eigenvalue weighted by molar-refractivity contribution is 6.30. The minimum absolute atomic E-state index is 0.0403. The summed E-state index contributed by atoms with van der Waals surface area (Å²) in [6.45, 7) is 4.39. The van der Waals surface area contributed by atoms with Crippen LogP contribution in [0.1, 0.15) is 25.2 Å². The van der Waals surface area contributed by atoms with Crippen LogP contribution in [0.3, 0.4) is 0 Å². The first-order valence-electron chi connectivity index (χ1n) is 6.47. The molecule has 0 atom stereocenters. The molecule has 112 valence electrons. The molecule has 0 aliphatic carbocycles. The summed E-state index contributed by atoms with van der Waals surface area (Å²) in [5, 5.41) is 14.3. The first-order valence-corrected chi connectivity index (χ1v) is 6.85. The van der Waals surface area contributed by atoms with E-state index in [4.69, 9.17) is 11.6 Å². The lowest BCUT2D eigenvalue weighted by molar-refractivity contribution is -0.129. The van der Waals surface area contributed by atoms with E-state index in [2.05, 4.69) is 25.6 Å². The zero-order chi connectivity index (χ0) is 15.5. The second-order valence-corrected chi connectivity index (χ2v) is 5.86. The maximum atomic E-state index is 12.3. The number of halogens is 1. The van der Waals surface area contributed by atoms with Gasteiger partial charge in [0.2, 0.25) is 5.91 Å². The van der Waals surface area contributed by atoms with Crippen LogP contribution in [0, 0.1) is 0 Å². The topological polar surface area (TPSA) is 87.7 Å². The summed E-state index contributed by atoms with van der Waals surface area (Å²) in [6.07, 6.45) is 1.81. The van der Waals surface area contributed by atoms with E-state index in [0.717, 1.165) is 0 Å². The highest BCUT2D eigenvalue weighted by atomic mass is 35.5. The van der Waals surface area contributed by atoms with Crippen molar-refractivity contribution in [3.05, 3.63) is 34.9 Å². The molecule has 0 radical (unpaired) electrons. The van der Waals surface area contributed by atoms with Crippen LogP contribution in [-0.2, 0) is 16.6 Å². The number of hydrogen-bond acceptors (Lipinski definition) is 5. The van der Waals surface area contributed by atoms with Gasteiger partial charge in [0.15, 0.2) is 5.82 Å². The van der Waals surface area contributed by atoms with Crippen molar-refractivity contribution in [2.24, 2.45) is 0 Å². The average Bonchev–Trinajstić information content (AvgIpc) is 2.95. The quantitative estimate of drug-likeness (QED) is 0.839. The summed E-state index contributed by atoms with van der Waals surface area (Å²) >= 11 is 5.97. The van der Waals surface area contributed by atoms with E-state index >= 15 is 0 Å². The smallest absolute Gasteiger partial charge is 0.226 e. The summed E-state index contributed by atoms with van der Waals surface area (Å²) in [5.74, 6) is 0.531. The maximum Gasteiger partial charge on any atom is 0.226 e. The molecule has 0 aliphatic rings. The summed E-state index contributed by atoms with van der Waals surface area (Å²) in [4.78, 5) is 17.9. The predicted molar refractivity (Wildman–Crippen MR) is 77.8 cm³/mol. The van der Waals surface area contributed by atoms with Crippen LogP contribution in [0.4, 0.5) is 0 Å². The molecule has 21 heavy (non-hydrogen) atoms. The van der Waals surface area contributed by atoms with Crippen molar-refractivity contribution in [3.63, 3.8) is 0 Å². The van der Waals surface area contributed by atoms with E-state index in [0.29, 0.717) is 23.1 Å². The number of carbonyl (C=O) groups excluding carboxylic acids is 1. The average molecular weight is 309 g/mol. The Morgan fingerprint density at radius 3 is 2.86 bits per heavy atom. The highest BCUT2D eigenvalue weighted by Gasteiger charge is 2.29. The van der Waals surface area contributed by atoms with Crippen LogP contribution in [0.5, 0.6) is 0 Å². The normalized spacial score (nSPS) is 11.4. The molecular formula is C13H17ClN6O. The monoisotopic (exact) mass is 308 g/mol. The molecule has 1 N–H and O–H groups in total. The fourth-order valence-corrected chi connectivity index (χ4v) is 2.24. The van der Waals surface area contributed by atoms with E-state index in [9.17, 15) is 4.79 Å². The molecule has 0 spiro atoms. The van der Waals surface area contributed by atoms with Crippen LogP contribution >= 0.6 is 11.6 Å². The van der Waals surface area contributed by atoms with E-state index in [-0.39, 0.29) is 12.3 Å². The molecular weight excluding hydrogens is 292 g/mol. The minimum atomic E-state index is -0.393. The van der Waals surface area contributed by atoms with Gasteiger partial charge in [-0.3, -0.25) is 4.79 Å². The molecule has 7 nitrogen and oxygen atoms in total. The molecule has 0 aliphatic heterocycles. The lowest BCUT2D eigenvalue weighted by Gasteiger charge is -2.27. The summed E-state index contributed by atoms with van der Waals surface area (Å²) in [7, 11) is 1.74. The number of aromatic nitrogens is 5. The minimum Gasteiger partial charge on any atom is -0.344 e.